The van der Waals surface area contributed by atoms with E-state index < -0.39 is 0 Å². The molecule has 0 fully saturated rings. The lowest BCUT2D eigenvalue weighted by Crippen LogP contribution is -1.88. The van der Waals surface area contributed by atoms with Crippen LogP contribution in [0.15, 0.2) is 42.5 Å². The molecule has 0 unspecified atom stereocenters. The highest BCUT2D eigenvalue weighted by Gasteiger charge is 2.07. The van der Waals surface area contributed by atoms with Gasteiger partial charge in [-0.15, -0.1) is 0 Å². The van der Waals surface area contributed by atoms with Gasteiger partial charge in [-0.05, 0) is 35.9 Å². The van der Waals surface area contributed by atoms with Gasteiger partial charge >= 0.3 is 0 Å². The number of hydrogen-bond donors (Lipinski definition) is 0. The second-order valence-electron chi connectivity index (χ2n) is 3.54. The summed E-state index contributed by atoms with van der Waals surface area (Å²) in [6, 6.07) is 14.9. The molecule has 0 aliphatic rings. The van der Waals surface area contributed by atoms with E-state index in [1.807, 2.05) is 30.3 Å². The Hall–Kier alpha value is -1.98. The van der Waals surface area contributed by atoms with E-state index in [-0.39, 0.29) is 0 Å². The summed E-state index contributed by atoms with van der Waals surface area (Å²) in [5, 5.41) is 9.52. The van der Waals surface area contributed by atoms with E-state index in [4.69, 9.17) is 21.6 Å². The highest BCUT2D eigenvalue weighted by Crippen LogP contribution is 2.32. The maximum Gasteiger partial charge on any atom is 0.126 e. The maximum atomic E-state index is 8.88. The van der Waals surface area contributed by atoms with Crippen molar-refractivity contribution in [1.82, 2.24) is 0 Å². The molecule has 0 aromatic heterocycles. The minimum absolute atomic E-state index is 0.615. The van der Waals surface area contributed by atoms with Crippen LogP contribution in [0.5, 0.6) is 5.75 Å². The molecule has 0 atom stereocenters. The first-order valence-electron chi connectivity index (χ1n) is 5.08. The summed E-state index contributed by atoms with van der Waals surface area (Å²) in [7, 11) is 1.61. The highest BCUT2D eigenvalue weighted by molar-refractivity contribution is 6.31. The third kappa shape index (κ3) is 2.41. The molecule has 2 nitrogen and oxygen atoms in total. The van der Waals surface area contributed by atoms with E-state index in [2.05, 4.69) is 6.07 Å². The predicted octanol–water partition coefficient (Wildman–Crippen LogP) is 3.89. The molecule has 0 N–H and O–H groups in total. The Bertz CT molecular complexity index is 587. The Kier molecular flexibility index (Phi) is 3.32. The summed E-state index contributed by atoms with van der Waals surface area (Å²) < 4.78 is 5.29. The molecule has 0 radical (unpaired) electrons. The summed E-state index contributed by atoms with van der Waals surface area (Å²) in [5.41, 5.74) is 2.42. The van der Waals surface area contributed by atoms with Crippen molar-refractivity contribution >= 4 is 11.6 Å². The number of halogens is 1. The second kappa shape index (κ2) is 4.90. The van der Waals surface area contributed by atoms with Crippen LogP contribution in [0.4, 0.5) is 0 Å². The van der Waals surface area contributed by atoms with Gasteiger partial charge in [-0.1, -0.05) is 23.7 Å². The van der Waals surface area contributed by atoms with Crippen molar-refractivity contribution in [1.29, 1.82) is 5.26 Å². The molecule has 84 valence electrons. The zero-order valence-corrected chi connectivity index (χ0v) is 10.0. The van der Waals surface area contributed by atoms with E-state index in [1.54, 1.807) is 19.2 Å². The van der Waals surface area contributed by atoms with Gasteiger partial charge in [0.25, 0.3) is 0 Å². The average molecular weight is 244 g/mol. The van der Waals surface area contributed by atoms with E-state index in [0.717, 1.165) is 16.9 Å². The van der Waals surface area contributed by atoms with Crippen LogP contribution in [-0.4, -0.2) is 7.11 Å². The van der Waals surface area contributed by atoms with Gasteiger partial charge in [0.15, 0.2) is 0 Å². The first-order chi connectivity index (χ1) is 8.24. The van der Waals surface area contributed by atoms with Crippen molar-refractivity contribution in [2.24, 2.45) is 0 Å². The molecule has 0 saturated heterocycles. The van der Waals surface area contributed by atoms with Crippen molar-refractivity contribution in [2.75, 3.05) is 7.11 Å². The van der Waals surface area contributed by atoms with E-state index in [0.29, 0.717) is 10.6 Å². The summed E-state index contributed by atoms with van der Waals surface area (Å²) in [5.74, 6) is 0.740. The van der Waals surface area contributed by atoms with Crippen LogP contribution in [0.25, 0.3) is 11.1 Å². The van der Waals surface area contributed by atoms with E-state index in [1.165, 1.54) is 0 Å². The van der Waals surface area contributed by atoms with Crippen molar-refractivity contribution in [3.63, 3.8) is 0 Å². The van der Waals surface area contributed by atoms with Crippen molar-refractivity contribution in [3.05, 3.63) is 53.1 Å². The number of rotatable bonds is 2. The third-order valence-electron chi connectivity index (χ3n) is 2.46. The van der Waals surface area contributed by atoms with Crippen LogP contribution < -0.4 is 4.74 Å². The molecule has 0 aliphatic carbocycles. The molecule has 0 heterocycles. The standard InChI is InChI=1S/C14H10ClNO/c1-17-14-6-5-12(15)8-13(14)11-4-2-3-10(7-11)9-16/h2-8H,1H3. The van der Waals surface area contributed by atoms with Crippen LogP contribution in [-0.2, 0) is 0 Å². The van der Waals surface area contributed by atoms with Gasteiger partial charge in [0.1, 0.15) is 5.75 Å². The second-order valence-corrected chi connectivity index (χ2v) is 3.97. The number of hydrogen-bond acceptors (Lipinski definition) is 2. The number of nitrogens with zero attached hydrogens (tertiary/aromatic N) is 1. The number of benzene rings is 2. The smallest absolute Gasteiger partial charge is 0.126 e. The van der Waals surface area contributed by atoms with Crippen LogP contribution in [0.2, 0.25) is 5.02 Å². The van der Waals surface area contributed by atoms with Crippen LogP contribution in [0, 0.1) is 11.3 Å². The van der Waals surface area contributed by atoms with Crippen LogP contribution >= 0.6 is 11.6 Å². The lowest BCUT2D eigenvalue weighted by Gasteiger charge is -2.09. The molecular weight excluding hydrogens is 234 g/mol. The van der Waals surface area contributed by atoms with E-state index >= 15 is 0 Å². The van der Waals surface area contributed by atoms with Gasteiger partial charge in [-0.2, -0.15) is 5.26 Å². The molecule has 2 rings (SSSR count). The third-order valence-corrected chi connectivity index (χ3v) is 2.70. The van der Waals surface area contributed by atoms with Gasteiger partial charge in [0.05, 0.1) is 18.7 Å². The summed E-state index contributed by atoms with van der Waals surface area (Å²) >= 11 is 5.98. The minimum atomic E-state index is 0.615. The Morgan fingerprint density at radius 2 is 2.00 bits per heavy atom. The first kappa shape index (κ1) is 11.5. The topological polar surface area (TPSA) is 33.0 Å². The Labute approximate surface area is 105 Å². The van der Waals surface area contributed by atoms with Gasteiger partial charge in [-0.3, -0.25) is 0 Å². The number of ether oxygens (including phenoxy) is 1. The Morgan fingerprint density at radius 3 is 2.71 bits per heavy atom. The predicted molar refractivity (Wildman–Crippen MR) is 68.2 cm³/mol. The maximum absolute atomic E-state index is 8.88. The van der Waals surface area contributed by atoms with Crippen molar-refractivity contribution in [2.45, 2.75) is 0 Å². The molecule has 3 heteroatoms. The molecule has 0 bridgehead atoms. The summed E-state index contributed by atoms with van der Waals surface area (Å²) in [6.45, 7) is 0. The average Bonchev–Trinajstić information content (AvgIpc) is 2.39. The largest absolute Gasteiger partial charge is 0.496 e. The molecule has 2 aromatic carbocycles. The zero-order chi connectivity index (χ0) is 12.3. The van der Waals surface area contributed by atoms with Crippen LogP contribution in [0.1, 0.15) is 5.56 Å². The number of nitriles is 1. The Morgan fingerprint density at radius 1 is 1.18 bits per heavy atom. The summed E-state index contributed by atoms with van der Waals surface area (Å²) in [6.07, 6.45) is 0. The van der Waals surface area contributed by atoms with Crippen molar-refractivity contribution < 1.29 is 4.74 Å². The van der Waals surface area contributed by atoms with Gasteiger partial charge < -0.3 is 4.74 Å². The van der Waals surface area contributed by atoms with E-state index in [9.17, 15) is 0 Å². The molecular formula is C14H10ClNO. The fourth-order valence-corrected chi connectivity index (χ4v) is 1.83. The fraction of sp³-hybridized carbons (Fsp3) is 0.0714. The van der Waals surface area contributed by atoms with Gasteiger partial charge in [0, 0.05) is 10.6 Å². The van der Waals surface area contributed by atoms with Crippen molar-refractivity contribution in [3.8, 4) is 22.9 Å². The first-order valence-corrected chi connectivity index (χ1v) is 5.46. The molecule has 0 amide bonds. The fourth-order valence-electron chi connectivity index (χ4n) is 1.66. The molecule has 17 heavy (non-hydrogen) atoms. The lowest BCUT2D eigenvalue weighted by atomic mass is 10.0. The molecule has 2 aromatic rings. The summed E-state index contributed by atoms with van der Waals surface area (Å²) in [4.78, 5) is 0. The minimum Gasteiger partial charge on any atom is -0.496 e. The van der Waals surface area contributed by atoms with Crippen LogP contribution in [0.3, 0.4) is 0 Å². The molecule has 0 spiro atoms. The van der Waals surface area contributed by atoms with Gasteiger partial charge in [-0.25, -0.2) is 0 Å². The van der Waals surface area contributed by atoms with Gasteiger partial charge in [0.2, 0.25) is 0 Å². The lowest BCUT2D eigenvalue weighted by molar-refractivity contribution is 0.416. The molecule has 0 saturated carbocycles. The monoisotopic (exact) mass is 243 g/mol. The molecule has 0 aliphatic heterocycles. The Balaban J connectivity index is 2.59. The quantitative estimate of drug-likeness (QED) is 0.802. The number of methoxy groups -OCH3 is 1. The SMILES string of the molecule is COc1ccc(Cl)cc1-c1cccc(C#N)c1. The zero-order valence-electron chi connectivity index (χ0n) is 9.27. The normalized spacial score (nSPS) is 9.71. The highest BCUT2D eigenvalue weighted by atomic mass is 35.5.